The van der Waals surface area contributed by atoms with E-state index < -0.39 is 0 Å². The molecule has 2 aromatic rings. The highest BCUT2D eigenvalue weighted by Crippen LogP contribution is 2.20. The van der Waals surface area contributed by atoms with Gasteiger partial charge in [-0.15, -0.1) is 0 Å². The molecule has 1 amide bonds. The van der Waals surface area contributed by atoms with Crippen molar-refractivity contribution < 1.29 is 4.79 Å². The van der Waals surface area contributed by atoms with Gasteiger partial charge in [0.15, 0.2) is 5.16 Å². The average molecular weight is 329 g/mol. The van der Waals surface area contributed by atoms with E-state index in [0.717, 1.165) is 47.3 Å². The highest BCUT2D eigenvalue weighted by molar-refractivity contribution is 7.99. The number of aromatic nitrogens is 2. The van der Waals surface area contributed by atoms with E-state index >= 15 is 0 Å². The van der Waals surface area contributed by atoms with Crippen molar-refractivity contribution in [3.05, 3.63) is 50.9 Å². The molecule has 1 aromatic carbocycles. The van der Waals surface area contributed by atoms with Crippen LogP contribution in [-0.4, -0.2) is 21.6 Å². The van der Waals surface area contributed by atoms with Gasteiger partial charge in [-0.25, -0.2) is 4.98 Å². The molecular weight excluding hydrogens is 310 g/mol. The monoisotopic (exact) mass is 329 g/mol. The number of aromatic amines is 1. The van der Waals surface area contributed by atoms with E-state index in [0.29, 0.717) is 5.16 Å². The summed E-state index contributed by atoms with van der Waals surface area (Å²) in [7, 11) is 0. The molecule has 0 radical (unpaired) electrons. The molecule has 2 N–H and O–H groups in total. The molecule has 23 heavy (non-hydrogen) atoms. The maximum atomic E-state index is 12.1. The summed E-state index contributed by atoms with van der Waals surface area (Å²) in [5.41, 5.74) is 4.63. The Morgan fingerprint density at radius 2 is 2.00 bits per heavy atom. The average Bonchev–Trinajstić information content (AvgIpc) is 2.93. The Labute approximate surface area is 138 Å². The number of anilines is 1. The smallest absolute Gasteiger partial charge is 0.254 e. The number of rotatable bonds is 4. The fourth-order valence-electron chi connectivity index (χ4n) is 2.87. The van der Waals surface area contributed by atoms with E-state index in [-0.39, 0.29) is 17.2 Å². The number of thioether (sulfide) groups is 1. The molecule has 1 aliphatic carbocycles. The number of hydrogen-bond acceptors (Lipinski definition) is 4. The molecule has 120 valence electrons. The Morgan fingerprint density at radius 3 is 2.74 bits per heavy atom. The van der Waals surface area contributed by atoms with Gasteiger partial charge in [-0.2, -0.15) is 0 Å². The first kappa shape index (κ1) is 15.8. The molecule has 0 unspecified atom stereocenters. The molecule has 6 heteroatoms. The molecule has 0 aliphatic heterocycles. The number of carbonyl (C=O) groups is 1. The van der Waals surface area contributed by atoms with Gasteiger partial charge in [0.25, 0.3) is 5.56 Å². The highest BCUT2D eigenvalue weighted by Gasteiger charge is 2.17. The second kappa shape index (κ2) is 6.58. The summed E-state index contributed by atoms with van der Waals surface area (Å²) in [6.07, 6.45) is 2.63. The number of H-pyrrole nitrogens is 1. The quantitative estimate of drug-likeness (QED) is 0.668. The zero-order valence-electron chi connectivity index (χ0n) is 13.2. The zero-order chi connectivity index (χ0) is 16.4. The first-order valence-corrected chi connectivity index (χ1v) is 8.63. The van der Waals surface area contributed by atoms with Crippen molar-refractivity contribution in [3.8, 4) is 0 Å². The standard InChI is InChI=1S/C17H19N3O2S/c1-10-6-11(2)8-12(7-10)18-15(21)9-23-17-19-14-5-3-4-13(14)16(22)20-17/h6-8H,3-5,9H2,1-2H3,(H,18,21)(H,19,20,22). The fourth-order valence-corrected chi connectivity index (χ4v) is 3.54. The maximum absolute atomic E-state index is 12.1. The van der Waals surface area contributed by atoms with E-state index in [2.05, 4.69) is 21.4 Å². The molecule has 1 heterocycles. The lowest BCUT2D eigenvalue weighted by atomic mass is 10.1. The molecular formula is C17H19N3O2S. The van der Waals surface area contributed by atoms with Crippen molar-refractivity contribution in [2.45, 2.75) is 38.3 Å². The van der Waals surface area contributed by atoms with E-state index in [1.54, 1.807) is 0 Å². The molecule has 0 atom stereocenters. The molecule has 1 aliphatic rings. The Morgan fingerprint density at radius 1 is 1.26 bits per heavy atom. The minimum atomic E-state index is -0.108. The van der Waals surface area contributed by atoms with E-state index in [9.17, 15) is 9.59 Å². The van der Waals surface area contributed by atoms with Crippen molar-refractivity contribution in [2.24, 2.45) is 0 Å². The number of carbonyl (C=O) groups excluding carboxylic acids is 1. The molecule has 0 saturated heterocycles. The van der Waals surface area contributed by atoms with Gasteiger partial charge in [-0.05, 0) is 56.4 Å². The van der Waals surface area contributed by atoms with E-state index in [1.165, 1.54) is 11.8 Å². The lowest BCUT2D eigenvalue weighted by Crippen LogP contribution is -2.17. The molecule has 5 nitrogen and oxygen atoms in total. The third-order valence-corrected chi connectivity index (χ3v) is 4.64. The van der Waals surface area contributed by atoms with Gasteiger partial charge < -0.3 is 10.3 Å². The summed E-state index contributed by atoms with van der Waals surface area (Å²) in [5.74, 6) is 0.109. The van der Waals surface area contributed by atoms with Gasteiger partial charge in [-0.3, -0.25) is 9.59 Å². The summed E-state index contributed by atoms with van der Waals surface area (Å²) in [4.78, 5) is 31.2. The Balaban J connectivity index is 1.63. The van der Waals surface area contributed by atoms with Gasteiger partial charge in [0.1, 0.15) is 0 Å². The van der Waals surface area contributed by atoms with Crippen LogP contribution in [-0.2, 0) is 17.6 Å². The lowest BCUT2D eigenvalue weighted by molar-refractivity contribution is -0.113. The van der Waals surface area contributed by atoms with Gasteiger partial charge in [0, 0.05) is 11.3 Å². The number of nitrogens with zero attached hydrogens (tertiary/aromatic N) is 1. The zero-order valence-corrected chi connectivity index (χ0v) is 14.0. The van der Waals surface area contributed by atoms with Crippen LogP contribution in [0.1, 0.15) is 28.8 Å². The first-order chi connectivity index (χ1) is 11.0. The fraction of sp³-hybridized carbons (Fsp3) is 0.353. The predicted octanol–water partition coefficient (Wildman–Crippen LogP) is 2.61. The number of nitrogens with one attached hydrogen (secondary N) is 2. The van der Waals surface area contributed by atoms with Crippen LogP contribution in [0.3, 0.4) is 0 Å². The van der Waals surface area contributed by atoms with Crippen LogP contribution in [0.4, 0.5) is 5.69 Å². The summed E-state index contributed by atoms with van der Waals surface area (Å²) in [6, 6.07) is 5.93. The van der Waals surface area contributed by atoms with Crippen LogP contribution in [0.25, 0.3) is 0 Å². The Kier molecular flexibility index (Phi) is 4.52. The number of fused-ring (bicyclic) bond motifs is 1. The molecule has 0 spiro atoms. The van der Waals surface area contributed by atoms with Crippen molar-refractivity contribution >= 4 is 23.4 Å². The van der Waals surface area contributed by atoms with Crippen molar-refractivity contribution in [2.75, 3.05) is 11.1 Å². The summed E-state index contributed by atoms with van der Waals surface area (Å²) in [6.45, 7) is 3.99. The second-order valence-electron chi connectivity index (χ2n) is 5.86. The molecule has 0 bridgehead atoms. The lowest BCUT2D eigenvalue weighted by Gasteiger charge is -2.07. The molecule has 3 rings (SSSR count). The van der Waals surface area contributed by atoms with Crippen LogP contribution < -0.4 is 10.9 Å². The minimum absolute atomic E-state index is 0.0651. The Hall–Kier alpha value is -2.08. The van der Waals surface area contributed by atoms with Gasteiger partial charge in [-0.1, -0.05) is 17.8 Å². The van der Waals surface area contributed by atoms with Gasteiger partial charge in [0.2, 0.25) is 5.91 Å². The molecule has 0 fully saturated rings. The third-order valence-electron chi connectivity index (χ3n) is 3.77. The van der Waals surface area contributed by atoms with Crippen molar-refractivity contribution in [1.29, 1.82) is 0 Å². The minimum Gasteiger partial charge on any atom is -0.325 e. The molecule has 1 aromatic heterocycles. The van der Waals surface area contributed by atoms with Crippen LogP contribution in [0.5, 0.6) is 0 Å². The Bertz CT molecular complexity index is 794. The van der Waals surface area contributed by atoms with Crippen LogP contribution in [0, 0.1) is 13.8 Å². The topological polar surface area (TPSA) is 74.8 Å². The maximum Gasteiger partial charge on any atom is 0.254 e. The highest BCUT2D eigenvalue weighted by atomic mass is 32.2. The summed E-state index contributed by atoms with van der Waals surface area (Å²) < 4.78 is 0. The first-order valence-electron chi connectivity index (χ1n) is 7.64. The van der Waals surface area contributed by atoms with E-state index in [4.69, 9.17) is 0 Å². The van der Waals surface area contributed by atoms with Gasteiger partial charge in [0.05, 0.1) is 11.4 Å². The predicted molar refractivity (Wildman–Crippen MR) is 92.2 cm³/mol. The summed E-state index contributed by atoms with van der Waals surface area (Å²) in [5, 5.41) is 3.40. The number of hydrogen-bond donors (Lipinski definition) is 2. The van der Waals surface area contributed by atoms with E-state index in [1.807, 2.05) is 26.0 Å². The third kappa shape index (κ3) is 3.82. The number of aryl methyl sites for hydroxylation is 3. The van der Waals surface area contributed by atoms with Crippen molar-refractivity contribution in [1.82, 2.24) is 9.97 Å². The molecule has 0 saturated carbocycles. The largest absolute Gasteiger partial charge is 0.325 e. The van der Waals surface area contributed by atoms with Crippen LogP contribution in [0.2, 0.25) is 0 Å². The number of amides is 1. The summed E-state index contributed by atoms with van der Waals surface area (Å²) >= 11 is 1.26. The second-order valence-corrected chi connectivity index (χ2v) is 6.83. The van der Waals surface area contributed by atoms with Gasteiger partial charge >= 0.3 is 0 Å². The number of benzene rings is 1. The SMILES string of the molecule is Cc1cc(C)cc(NC(=O)CSc2nc3c(c(=O)[nH]2)CCC3)c1. The van der Waals surface area contributed by atoms with Crippen LogP contribution in [0.15, 0.2) is 28.2 Å². The van der Waals surface area contributed by atoms with Crippen LogP contribution >= 0.6 is 11.8 Å². The normalized spacial score (nSPS) is 13.0. The van der Waals surface area contributed by atoms with Crippen molar-refractivity contribution in [3.63, 3.8) is 0 Å².